The highest BCUT2D eigenvalue weighted by atomic mass is 32.2. The Morgan fingerprint density at radius 1 is 1.53 bits per heavy atom. The highest BCUT2D eigenvalue weighted by Gasteiger charge is 2.07. The number of rotatable bonds is 7. The minimum absolute atomic E-state index is 0.401. The van der Waals surface area contributed by atoms with Crippen LogP contribution in [0.15, 0.2) is 6.20 Å². The van der Waals surface area contributed by atoms with Gasteiger partial charge in [-0.3, -0.25) is 0 Å². The number of aromatic nitrogens is 1. The lowest BCUT2D eigenvalue weighted by molar-refractivity contribution is 0.553. The normalized spacial score (nSPS) is 13.0. The van der Waals surface area contributed by atoms with Crippen LogP contribution < -0.4 is 5.32 Å². The van der Waals surface area contributed by atoms with Crippen LogP contribution in [0, 0.1) is 6.92 Å². The number of nitrogens with one attached hydrogen (secondary N) is 1. The molecular weight excluding hydrogens is 224 g/mol. The molecule has 0 aromatic carbocycles. The third kappa shape index (κ3) is 5.00. The molecule has 0 spiro atoms. The molecule has 1 heterocycles. The van der Waals surface area contributed by atoms with E-state index in [1.165, 1.54) is 28.5 Å². The van der Waals surface area contributed by atoms with Gasteiger partial charge in [0.05, 0.1) is 6.04 Å². The minimum atomic E-state index is 0.401. The van der Waals surface area contributed by atoms with Crippen LogP contribution in [-0.2, 0) is 0 Å². The van der Waals surface area contributed by atoms with E-state index in [1.54, 1.807) is 11.3 Å². The van der Waals surface area contributed by atoms with Crippen LogP contribution >= 0.6 is 23.1 Å². The maximum atomic E-state index is 4.38. The van der Waals surface area contributed by atoms with Crippen LogP contribution in [0.4, 0.5) is 0 Å². The summed E-state index contributed by atoms with van der Waals surface area (Å²) in [5, 5.41) is 4.72. The topological polar surface area (TPSA) is 24.9 Å². The second-order valence-electron chi connectivity index (χ2n) is 3.68. The molecule has 1 atom stereocenters. The van der Waals surface area contributed by atoms with E-state index in [0.717, 1.165) is 6.54 Å². The molecule has 0 bridgehead atoms. The molecule has 15 heavy (non-hydrogen) atoms. The van der Waals surface area contributed by atoms with Gasteiger partial charge in [-0.2, -0.15) is 11.8 Å². The molecule has 1 unspecified atom stereocenters. The smallest absolute Gasteiger partial charge is 0.109 e. The van der Waals surface area contributed by atoms with Crippen LogP contribution in [0.2, 0.25) is 0 Å². The molecule has 0 fully saturated rings. The predicted octanol–water partition coefficient (Wildman–Crippen LogP) is 3.25. The van der Waals surface area contributed by atoms with Gasteiger partial charge < -0.3 is 5.32 Å². The first-order chi connectivity index (χ1) is 7.24. The third-order valence-corrected chi connectivity index (χ3v) is 4.03. The van der Waals surface area contributed by atoms with Gasteiger partial charge in [-0.15, -0.1) is 11.3 Å². The molecule has 0 radical (unpaired) electrons. The van der Waals surface area contributed by atoms with Crippen LogP contribution in [0.3, 0.4) is 0 Å². The summed E-state index contributed by atoms with van der Waals surface area (Å²) in [5.41, 5.74) is 0. The molecule has 0 aliphatic carbocycles. The van der Waals surface area contributed by atoms with Gasteiger partial charge in [0.25, 0.3) is 0 Å². The summed E-state index contributed by atoms with van der Waals surface area (Å²) in [6, 6.07) is 0.401. The summed E-state index contributed by atoms with van der Waals surface area (Å²) in [7, 11) is 0. The summed E-state index contributed by atoms with van der Waals surface area (Å²) >= 11 is 3.71. The van der Waals surface area contributed by atoms with Crippen LogP contribution in [0.5, 0.6) is 0 Å². The van der Waals surface area contributed by atoms with Crippen LogP contribution in [0.25, 0.3) is 0 Å². The van der Waals surface area contributed by atoms with Crippen molar-refractivity contribution in [2.45, 2.75) is 32.7 Å². The molecule has 0 amide bonds. The summed E-state index contributed by atoms with van der Waals surface area (Å²) in [5.74, 6) is 1.27. The van der Waals surface area contributed by atoms with E-state index in [-0.39, 0.29) is 0 Å². The van der Waals surface area contributed by atoms with Crippen molar-refractivity contribution in [3.05, 3.63) is 16.1 Å². The van der Waals surface area contributed by atoms with Gasteiger partial charge in [0.15, 0.2) is 0 Å². The second-order valence-corrected chi connectivity index (χ2v) is 5.94. The Hall–Kier alpha value is -0.0600. The molecule has 1 aromatic heterocycles. The van der Waals surface area contributed by atoms with Crippen LogP contribution in [0.1, 0.15) is 35.7 Å². The fourth-order valence-corrected chi connectivity index (χ4v) is 2.64. The number of hydrogen-bond acceptors (Lipinski definition) is 4. The standard InChI is InChI=1S/C11H20N2S2/c1-9-8-13-11(15-9)10(2)12-6-4-5-7-14-3/h8,10,12H,4-7H2,1-3H3. The summed E-state index contributed by atoms with van der Waals surface area (Å²) < 4.78 is 0. The maximum Gasteiger partial charge on any atom is 0.109 e. The molecule has 1 N–H and O–H groups in total. The number of thioether (sulfide) groups is 1. The number of unbranched alkanes of at least 4 members (excludes halogenated alkanes) is 1. The van der Waals surface area contributed by atoms with E-state index in [1.807, 2.05) is 18.0 Å². The van der Waals surface area contributed by atoms with E-state index in [9.17, 15) is 0 Å². The zero-order valence-electron chi connectivity index (χ0n) is 9.75. The van der Waals surface area contributed by atoms with E-state index < -0.39 is 0 Å². The third-order valence-electron chi connectivity index (χ3n) is 2.24. The second kappa shape index (κ2) is 7.25. The molecule has 2 nitrogen and oxygen atoms in total. The van der Waals surface area contributed by atoms with Crippen molar-refractivity contribution in [1.82, 2.24) is 10.3 Å². The van der Waals surface area contributed by atoms with Gasteiger partial charge in [0.2, 0.25) is 0 Å². The number of nitrogens with zero attached hydrogens (tertiary/aromatic N) is 1. The fraction of sp³-hybridized carbons (Fsp3) is 0.727. The monoisotopic (exact) mass is 244 g/mol. The summed E-state index contributed by atoms with van der Waals surface area (Å²) in [6.45, 7) is 5.39. The average Bonchev–Trinajstić information content (AvgIpc) is 2.64. The predicted molar refractivity (Wildman–Crippen MR) is 70.9 cm³/mol. The van der Waals surface area contributed by atoms with Gasteiger partial charge >= 0.3 is 0 Å². The number of aryl methyl sites for hydroxylation is 1. The molecule has 0 aliphatic rings. The molecular formula is C11H20N2S2. The zero-order chi connectivity index (χ0) is 11.1. The molecule has 1 rings (SSSR count). The highest BCUT2D eigenvalue weighted by Crippen LogP contribution is 2.18. The van der Waals surface area contributed by atoms with Crippen molar-refractivity contribution in [1.29, 1.82) is 0 Å². The zero-order valence-corrected chi connectivity index (χ0v) is 11.4. The molecule has 86 valence electrons. The van der Waals surface area contributed by atoms with Crippen molar-refractivity contribution in [2.24, 2.45) is 0 Å². The van der Waals surface area contributed by atoms with Gasteiger partial charge in [0.1, 0.15) is 5.01 Å². The Labute approximate surface area is 101 Å². The SMILES string of the molecule is CSCCCCNC(C)c1ncc(C)s1. The molecule has 0 saturated heterocycles. The Bertz CT molecular complexity index is 273. The van der Waals surface area contributed by atoms with E-state index in [4.69, 9.17) is 0 Å². The van der Waals surface area contributed by atoms with Crippen molar-refractivity contribution in [3.63, 3.8) is 0 Å². The van der Waals surface area contributed by atoms with Crippen LogP contribution in [-0.4, -0.2) is 23.5 Å². The molecule has 1 aromatic rings. The van der Waals surface area contributed by atoms with Gasteiger partial charge in [-0.1, -0.05) is 0 Å². The molecule has 0 aliphatic heterocycles. The largest absolute Gasteiger partial charge is 0.308 e. The molecule has 4 heteroatoms. The Morgan fingerprint density at radius 2 is 2.33 bits per heavy atom. The first-order valence-corrected chi connectivity index (χ1v) is 7.59. The first kappa shape index (κ1) is 13.0. The van der Waals surface area contributed by atoms with E-state index in [0.29, 0.717) is 6.04 Å². The number of hydrogen-bond donors (Lipinski definition) is 1. The van der Waals surface area contributed by atoms with Crippen molar-refractivity contribution < 1.29 is 0 Å². The quantitative estimate of drug-likeness (QED) is 0.745. The van der Waals surface area contributed by atoms with Crippen molar-refractivity contribution >= 4 is 23.1 Å². The Morgan fingerprint density at radius 3 is 2.93 bits per heavy atom. The van der Waals surface area contributed by atoms with E-state index in [2.05, 4.69) is 30.4 Å². The average molecular weight is 244 g/mol. The minimum Gasteiger partial charge on any atom is -0.308 e. The van der Waals surface area contributed by atoms with Crippen molar-refractivity contribution in [2.75, 3.05) is 18.6 Å². The molecule has 0 saturated carbocycles. The first-order valence-electron chi connectivity index (χ1n) is 5.38. The highest BCUT2D eigenvalue weighted by molar-refractivity contribution is 7.98. The van der Waals surface area contributed by atoms with Gasteiger partial charge in [-0.05, 0) is 45.2 Å². The lowest BCUT2D eigenvalue weighted by Crippen LogP contribution is -2.19. The lowest BCUT2D eigenvalue weighted by atomic mass is 10.3. The number of thiazole rings is 1. The van der Waals surface area contributed by atoms with Gasteiger partial charge in [0, 0.05) is 11.1 Å². The van der Waals surface area contributed by atoms with E-state index >= 15 is 0 Å². The van der Waals surface area contributed by atoms with Gasteiger partial charge in [-0.25, -0.2) is 4.98 Å². The lowest BCUT2D eigenvalue weighted by Gasteiger charge is -2.10. The Kier molecular flexibility index (Phi) is 6.29. The maximum absolute atomic E-state index is 4.38. The fourth-order valence-electron chi connectivity index (χ4n) is 1.35. The Balaban J connectivity index is 2.16. The van der Waals surface area contributed by atoms with Crippen molar-refractivity contribution in [3.8, 4) is 0 Å². The summed E-state index contributed by atoms with van der Waals surface area (Å²) in [6.07, 6.45) is 6.67. The summed E-state index contributed by atoms with van der Waals surface area (Å²) in [4.78, 5) is 5.68.